The van der Waals surface area contributed by atoms with Crippen molar-refractivity contribution < 1.29 is 23.9 Å². The van der Waals surface area contributed by atoms with Gasteiger partial charge in [0.1, 0.15) is 11.6 Å². The number of methoxy groups -OCH3 is 1. The number of benzene rings is 2. The van der Waals surface area contributed by atoms with E-state index < -0.39 is 23.7 Å². The quantitative estimate of drug-likeness (QED) is 0.416. The summed E-state index contributed by atoms with van der Waals surface area (Å²) in [6.07, 6.45) is -0.625. The van der Waals surface area contributed by atoms with Gasteiger partial charge in [-0.2, -0.15) is 0 Å². The molecule has 0 heterocycles. The van der Waals surface area contributed by atoms with Crippen LogP contribution in [-0.2, 0) is 24.8 Å². The maximum absolute atomic E-state index is 12.3. The number of carbonyl (C=O) groups is 3. The summed E-state index contributed by atoms with van der Waals surface area (Å²) < 4.78 is 9.88. The van der Waals surface area contributed by atoms with Gasteiger partial charge in [-0.1, -0.05) is 30.3 Å². The lowest BCUT2D eigenvalue weighted by Crippen LogP contribution is -2.44. The summed E-state index contributed by atoms with van der Waals surface area (Å²) in [5, 5.41) is 5.26. The van der Waals surface area contributed by atoms with Crippen molar-refractivity contribution in [2.75, 3.05) is 12.4 Å². The van der Waals surface area contributed by atoms with E-state index in [4.69, 9.17) is 9.47 Å². The summed E-state index contributed by atoms with van der Waals surface area (Å²) in [5.74, 6) is -0.0374. The van der Waals surface area contributed by atoms with Crippen molar-refractivity contribution in [3.8, 4) is 0 Å². The van der Waals surface area contributed by atoms with Gasteiger partial charge in [-0.25, -0.2) is 9.59 Å². The molecule has 2 rings (SSSR count). The zero-order valence-corrected chi connectivity index (χ0v) is 19.7. The molecule has 2 aromatic carbocycles. The number of anilines is 1. The van der Waals surface area contributed by atoms with Crippen LogP contribution in [0.2, 0.25) is 0 Å². The summed E-state index contributed by atoms with van der Waals surface area (Å²) in [7, 11) is 1.23. The number of nitrogens with one attached hydrogen (secondary N) is 2. The summed E-state index contributed by atoms with van der Waals surface area (Å²) in [5.41, 5.74) is 1.21. The Balaban J connectivity index is 1.83. The topological polar surface area (TPSA) is 93.7 Å². The molecule has 0 saturated carbocycles. The van der Waals surface area contributed by atoms with Crippen molar-refractivity contribution in [2.24, 2.45) is 0 Å². The second kappa shape index (κ2) is 12.1. The first-order valence-corrected chi connectivity index (χ1v) is 11.3. The molecule has 0 bridgehead atoms. The van der Waals surface area contributed by atoms with E-state index in [-0.39, 0.29) is 18.7 Å². The van der Waals surface area contributed by atoms with Gasteiger partial charge < -0.3 is 20.1 Å². The van der Waals surface area contributed by atoms with Crippen molar-refractivity contribution in [2.45, 2.75) is 55.9 Å². The number of hydrogen-bond acceptors (Lipinski definition) is 6. The molecule has 0 fully saturated rings. The van der Waals surface area contributed by atoms with Crippen LogP contribution in [0.1, 0.15) is 39.2 Å². The van der Waals surface area contributed by atoms with Crippen LogP contribution in [0.4, 0.5) is 10.5 Å². The normalized spacial score (nSPS) is 11.9. The third kappa shape index (κ3) is 9.43. The number of carbonyl (C=O) groups excluding carboxylic acids is 3. The molecular weight excluding hydrogens is 428 g/mol. The Morgan fingerprint density at radius 1 is 1.00 bits per heavy atom. The largest absolute Gasteiger partial charge is 0.467 e. The predicted octanol–water partition coefficient (Wildman–Crippen LogP) is 4.76. The minimum Gasteiger partial charge on any atom is -0.467 e. The zero-order valence-electron chi connectivity index (χ0n) is 18.8. The lowest BCUT2D eigenvalue weighted by Gasteiger charge is -2.22. The molecule has 2 amide bonds. The molecule has 7 nitrogen and oxygen atoms in total. The van der Waals surface area contributed by atoms with Crippen molar-refractivity contribution in [1.29, 1.82) is 0 Å². The van der Waals surface area contributed by atoms with Gasteiger partial charge >= 0.3 is 12.1 Å². The van der Waals surface area contributed by atoms with Crippen LogP contribution in [0.15, 0.2) is 59.5 Å². The Hall–Kier alpha value is -3.00. The average Bonchev–Trinajstić information content (AvgIpc) is 2.75. The number of ether oxygens (including phenoxy) is 2. The van der Waals surface area contributed by atoms with Gasteiger partial charge in [0.05, 0.1) is 7.11 Å². The number of amides is 2. The number of hydrogen-bond donors (Lipinski definition) is 2. The van der Waals surface area contributed by atoms with E-state index in [9.17, 15) is 14.4 Å². The van der Waals surface area contributed by atoms with Gasteiger partial charge in [-0.05, 0) is 57.0 Å². The zero-order chi connectivity index (χ0) is 23.6. The van der Waals surface area contributed by atoms with Crippen molar-refractivity contribution in [3.05, 3.63) is 60.2 Å². The first-order valence-electron chi connectivity index (χ1n) is 10.3. The second-order valence-corrected chi connectivity index (χ2v) is 9.16. The number of rotatable bonds is 9. The molecule has 2 aromatic rings. The molecule has 0 saturated heterocycles. The standard InChI is InChI=1S/C24H30N2O5S/c1-24(2,3)31-23(29)26-20(22(28)30-4)14-15-21(27)25-18-10-12-19(13-11-18)32-16-17-8-6-5-7-9-17/h5-13,20H,14-16H2,1-4H3,(H,25,27)(H,26,29)/t20-/m0/s1. The van der Waals surface area contributed by atoms with Crippen LogP contribution in [-0.4, -0.2) is 36.7 Å². The van der Waals surface area contributed by atoms with Crippen LogP contribution in [0.25, 0.3) is 0 Å². The summed E-state index contributed by atoms with van der Waals surface area (Å²) >= 11 is 1.71. The fourth-order valence-corrected chi connectivity index (χ4v) is 3.57. The van der Waals surface area contributed by atoms with Gasteiger partial charge in [0.25, 0.3) is 0 Å². The van der Waals surface area contributed by atoms with Crippen molar-refractivity contribution >= 4 is 35.4 Å². The first-order chi connectivity index (χ1) is 15.2. The van der Waals surface area contributed by atoms with Crippen molar-refractivity contribution in [1.82, 2.24) is 5.32 Å². The monoisotopic (exact) mass is 458 g/mol. The van der Waals surface area contributed by atoms with Crippen LogP contribution < -0.4 is 10.6 Å². The highest BCUT2D eigenvalue weighted by atomic mass is 32.2. The van der Waals surface area contributed by atoms with E-state index in [1.165, 1.54) is 12.7 Å². The lowest BCUT2D eigenvalue weighted by atomic mass is 10.1. The van der Waals surface area contributed by atoms with E-state index in [0.717, 1.165) is 10.6 Å². The summed E-state index contributed by atoms with van der Waals surface area (Å²) in [6, 6.07) is 16.8. The molecule has 0 aliphatic heterocycles. The Labute approximate surface area is 193 Å². The predicted molar refractivity (Wildman–Crippen MR) is 125 cm³/mol. The molecule has 0 spiro atoms. The number of alkyl carbamates (subject to hydrolysis) is 1. The minimum atomic E-state index is -0.975. The summed E-state index contributed by atoms with van der Waals surface area (Å²) in [4.78, 5) is 37.3. The molecular formula is C24H30N2O5S. The van der Waals surface area contributed by atoms with Crippen LogP contribution in [0.3, 0.4) is 0 Å². The van der Waals surface area contributed by atoms with Gasteiger partial charge in [-0.3, -0.25) is 4.79 Å². The Bertz CT molecular complexity index is 895. The van der Waals surface area contributed by atoms with E-state index in [0.29, 0.717) is 5.69 Å². The molecule has 32 heavy (non-hydrogen) atoms. The number of thioether (sulfide) groups is 1. The van der Waals surface area contributed by atoms with Crippen molar-refractivity contribution in [3.63, 3.8) is 0 Å². The van der Waals surface area contributed by atoms with Gasteiger partial charge in [-0.15, -0.1) is 11.8 Å². The number of esters is 1. The fourth-order valence-electron chi connectivity index (χ4n) is 2.72. The molecule has 2 N–H and O–H groups in total. The third-order valence-corrected chi connectivity index (χ3v) is 5.31. The smallest absolute Gasteiger partial charge is 0.408 e. The molecule has 1 atom stereocenters. The highest BCUT2D eigenvalue weighted by Crippen LogP contribution is 2.24. The van der Waals surface area contributed by atoms with Crippen LogP contribution in [0.5, 0.6) is 0 Å². The molecule has 172 valence electrons. The minimum absolute atomic E-state index is 0.0279. The highest BCUT2D eigenvalue weighted by Gasteiger charge is 2.25. The Morgan fingerprint density at radius 2 is 1.66 bits per heavy atom. The SMILES string of the molecule is COC(=O)[C@H](CCC(=O)Nc1ccc(SCc2ccccc2)cc1)NC(=O)OC(C)(C)C. The molecule has 0 aliphatic carbocycles. The highest BCUT2D eigenvalue weighted by molar-refractivity contribution is 7.98. The molecule has 0 aromatic heterocycles. The fraction of sp³-hybridized carbons (Fsp3) is 0.375. The molecule has 0 aliphatic rings. The Morgan fingerprint density at radius 3 is 2.25 bits per heavy atom. The molecule has 0 radical (unpaired) electrons. The van der Waals surface area contributed by atoms with Crippen LogP contribution in [0, 0.1) is 0 Å². The summed E-state index contributed by atoms with van der Waals surface area (Å²) in [6.45, 7) is 5.16. The maximum atomic E-state index is 12.3. The van der Waals surface area contributed by atoms with Crippen LogP contribution >= 0.6 is 11.8 Å². The second-order valence-electron chi connectivity index (χ2n) is 8.11. The first kappa shape index (κ1) is 25.3. The van der Waals surface area contributed by atoms with E-state index >= 15 is 0 Å². The lowest BCUT2D eigenvalue weighted by molar-refractivity contribution is -0.143. The average molecular weight is 459 g/mol. The Kier molecular flexibility index (Phi) is 9.59. The van der Waals surface area contributed by atoms with E-state index in [1.807, 2.05) is 42.5 Å². The van der Waals surface area contributed by atoms with Gasteiger partial charge in [0.2, 0.25) is 5.91 Å². The molecule has 0 unspecified atom stereocenters. The maximum Gasteiger partial charge on any atom is 0.408 e. The van der Waals surface area contributed by atoms with E-state index in [1.54, 1.807) is 32.5 Å². The third-order valence-electron chi connectivity index (χ3n) is 4.22. The van der Waals surface area contributed by atoms with Gasteiger partial charge in [0.15, 0.2) is 0 Å². The molecule has 8 heteroatoms. The van der Waals surface area contributed by atoms with Gasteiger partial charge in [0, 0.05) is 22.8 Å². The van der Waals surface area contributed by atoms with E-state index in [2.05, 4.69) is 22.8 Å².